The fourth-order valence-corrected chi connectivity index (χ4v) is 3.37. The van der Waals surface area contributed by atoms with Gasteiger partial charge in [-0.15, -0.1) is 10.2 Å². The smallest absolute Gasteiger partial charge is 0.234 e. The number of nitrogens with one attached hydrogen (secondary N) is 1. The highest BCUT2D eigenvalue weighted by molar-refractivity contribution is 7.99. The topological polar surface area (TPSA) is 94.8 Å². The number of rotatable bonds is 6. The van der Waals surface area contributed by atoms with Gasteiger partial charge in [0.05, 0.1) is 30.9 Å². The Bertz CT molecular complexity index is 978. The number of nitrogens with zero attached hydrogens (tertiary/aromatic N) is 5. The van der Waals surface area contributed by atoms with E-state index in [0.29, 0.717) is 10.8 Å². The highest BCUT2D eigenvalue weighted by Crippen LogP contribution is 2.24. The van der Waals surface area contributed by atoms with Gasteiger partial charge in [0.15, 0.2) is 5.16 Å². The molecule has 29 heavy (non-hydrogen) atoms. The van der Waals surface area contributed by atoms with Gasteiger partial charge < -0.3 is 10.1 Å². The predicted molar refractivity (Wildman–Crippen MR) is 113 cm³/mol. The van der Waals surface area contributed by atoms with Crippen LogP contribution in [-0.2, 0) is 10.2 Å². The lowest BCUT2D eigenvalue weighted by Gasteiger charge is -2.16. The van der Waals surface area contributed by atoms with Gasteiger partial charge in [-0.1, -0.05) is 32.5 Å². The van der Waals surface area contributed by atoms with Crippen molar-refractivity contribution in [2.24, 2.45) is 0 Å². The lowest BCUT2D eigenvalue weighted by atomic mass is 9.96. The van der Waals surface area contributed by atoms with E-state index >= 15 is 0 Å². The van der Waals surface area contributed by atoms with Crippen LogP contribution in [0.3, 0.4) is 0 Å². The number of amides is 1. The maximum Gasteiger partial charge on any atom is 0.234 e. The highest BCUT2D eigenvalue weighted by Gasteiger charge is 2.17. The zero-order valence-electron chi connectivity index (χ0n) is 17.1. The fraction of sp³-hybridized carbons (Fsp3) is 0.350. The van der Waals surface area contributed by atoms with Crippen LogP contribution in [0.15, 0.2) is 41.8 Å². The van der Waals surface area contributed by atoms with Gasteiger partial charge in [-0.05, 0) is 31.2 Å². The molecular formula is C20H24N6O2S. The lowest BCUT2D eigenvalue weighted by molar-refractivity contribution is -0.113. The Labute approximate surface area is 174 Å². The van der Waals surface area contributed by atoms with E-state index in [-0.39, 0.29) is 17.1 Å². The quantitative estimate of drug-likeness (QED) is 0.620. The van der Waals surface area contributed by atoms with Crippen molar-refractivity contribution in [1.82, 2.24) is 24.7 Å². The second kappa shape index (κ2) is 8.60. The molecule has 0 bridgehead atoms. The van der Waals surface area contributed by atoms with Crippen LogP contribution < -0.4 is 10.1 Å². The van der Waals surface area contributed by atoms with Gasteiger partial charge in [0.2, 0.25) is 5.91 Å². The maximum absolute atomic E-state index is 12.3. The summed E-state index contributed by atoms with van der Waals surface area (Å²) in [7, 11) is 1.63. The number of carbonyl (C=O) groups is 1. The minimum absolute atomic E-state index is 0.137. The summed E-state index contributed by atoms with van der Waals surface area (Å²) in [5.41, 5.74) is 1.33. The average molecular weight is 413 g/mol. The van der Waals surface area contributed by atoms with E-state index in [4.69, 9.17) is 4.74 Å². The zero-order chi connectivity index (χ0) is 21.0. The SMILES string of the molecule is COc1ccc(-n2c(C)nnc2SCC(=O)Nc2cnc(C(C)(C)C)nc2)cc1. The summed E-state index contributed by atoms with van der Waals surface area (Å²) in [5, 5.41) is 11.8. The summed E-state index contributed by atoms with van der Waals surface area (Å²) >= 11 is 1.31. The molecule has 3 rings (SSSR count). The molecule has 8 nitrogen and oxygen atoms in total. The molecule has 3 aromatic rings. The van der Waals surface area contributed by atoms with Crippen molar-refractivity contribution in [2.75, 3.05) is 18.2 Å². The first kappa shape index (κ1) is 20.8. The minimum atomic E-state index is -0.163. The number of aromatic nitrogens is 5. The molecule has 2 aromatic heterocycles. The molecule has 0 aliphatic carbocycles. The third kappa shape index (κ3) is 5.11. The third-order valence-electron chi connectivity index (χ3n) is 4.06. The summed E-state index contributed by atoms with van der Waals surface area (Å²) in [4.78, 5) is 21.0. The Morgan fingerprint density at radius 1 is 1.14 bits per heavy atom. The molecular weight excluding hydrogens is 388 g/mol. The summed E-state index contributed by atoms with van der Waals surface area (Å²) in [6.45, 7) is 7.99. The molecule has 152 valence electrons. The molecule has 0 aliphatic rings. The molecule has 1 aromatic carbocycles. The van der Waals surface area contributed by atoms with Gasteiger partial charge >= 0.3 is 0 Å². The van der Waals surface area contributed by atoms with Crippen molar-refractivity contribution in [3.8, 4) is 11.4 Å². The molecule has 0 radical (unpaired) electrons. The average Bonchev–Trinajstić information content (AvgIpc) is 3.06. The Morgan fingerprint density at radius 2 is 1.79 bits per heavy atom. The zero-order valence-corrected chi connectivity index (χ0v) is 17.9. The largest absolute Gasteiger partial charge is 0.497 e. The molecule has 0 unspecified atom stereocenters. The van der Waals surface area contributed by atoms with Gasteiger partial charge in [-0.25, -0.2) is 9.97 Å². The van der Waals surface area contributed by atoms with Crippen molar-refractivity contribution < 1.29 is 9.53 Å². The summed E-state index contributed by atoms with van der Waals surface area (Å²) < 4.78 is 7.10. The molecule has 9 heteroatoms. The summed E-state index contributed by atoms with van der Waals surface area (Å²) in [6, 6.07) is 7.59. The van der Waals surface area contributed by atoms with Crippen LogP contribution in [0, 0.1) is 6.92 Å². The normalized spacial score (nSPS) is 11.3. The van der Waals surface area contributed by atoms with Crippen LogP contribution in [0.5, 0.6) is 5.75 Å². The number of carbonyl (C=O) groups excluding carboxylic acids is 1. The molecule has 2 heterocycles. The van der Waals surface area contributed by atoms with Crippen LogP contribution >= 0.6 is 11.8 Å². The Kier molecular flexibility index (Phi) is 6.17. The first-order chi connectivity index (χ1) is 13.8. The molecule has 0 saturated carbocycles. The van der Waals surface area contributed by atoms with Crippen molar-refractivity contribution in [3.05, 3.63) is 48.3 Å². The minimum Gasteiger partial charge on any atom is -0.497 e. The predicted octanol–water partition coefficient (Wildman–Crippen LogP) is 3.40. The number of aryl methyl sites for hydroxylation is 1. The van der Waals surface area contributed by atoms with E-state index in [9.17, 15) is 4.79 Å². The number of ether oxygens (including phenoxy) is 1. The van der Waals surface area contributed by atoms with Crippen molar-refractivity contribution in [2.45, 2.75) is 38.3 Å². The lowest BCUT2D eigenvalue weighted by Crippen LogP contribution is -2.18. The van der Waals surface area contributed by atoms with Gasteiger partial charge in [0.1, 0.15) is 17.4 Å². The van der Waals surface area contributed by atoms with Crippen LogP contribution in [0.1, 0.15) is 32.4 Å². The van der Waals surface area contributed by atoms with Gasteiger partial charge in [0, 0.05) is 11.1 Å². The number of benzene rings is 1. The van der Waals surface area contributed by atoms with E-state index in [2.05, 4.69) is 25.5 Å². The van der Waals surface area contributed by atoms with E-state index in [1.54, 1.807) is 19.5 Å². The first-order valence-corrected chi connectivity index (χ1v) is 10.1. The van der Waals surface area contributed by atoms with E-state index in [0.717, 1.165) is 23.1 Å². The van der Waals surface area contributed by atoms with Crippen molar-refractivity contribution in [1.29, 1.82) is 0 Å². The fourth-order valence-electron chi connectivity index (χ4n) is 2.57. The molecule has 0 aliphatic heterocycles. The van der Waals surface area contributed by atoms with Gasteiger partial charge in [-0.2, -0.15) is 0 Å². The van der Waals surface area contributed by atoms with Crippen molar-refractivity contribution in [3.63, 3.8) is 0 Å². The first-order valence-electron chi connectivity index (χ1n) is 9.09. The molecule has 0 fully saturated rings. The number of hydrogen-bond acceptors (Lipinski definition) is 7. The van der Waals surface area contributed by atoms with E-state index in [1.807, 2.05) is 56.5 Å². The van der Waals surface area contributed by atoms with Crippen LogP contribution in [0.2, 0.25) is 0 Å². The van der Waals surface area contributed by atoms with Crippen LogP contribution in [0.25, 0.3) is 5.69 Å². The van der Waals surface area contributed by atoms with Gasteiger partial charge in [0.25, 0.3) is 0 Å². The van der Waals surface area contributed by atoms with Crippen molar-refractivity contribution >= 4 is 23.4 Å². The number of thioether (sulfide) groups is 1. The van der Waals surface area contributed by atoms with E-state index in [1.165, 1.54) is 11.8 Å². The number of anilines is 1. The summed E-state index contributed by atoms with van der Waals surface area (Å²) in [6.07, 6.45) is 3.25. The molecule has 0 saturated heterocycles. The Balaban J connectivity index is 1.65. The van der Waals surface area contributed by atoms with Gasteiger partial charge in [-0.3, -0.25) is 9.36 Å². The number of methoxy groups -OCH3 is 1. The standard InChI is InChI=1S/C20H24N6O2S/c1-13-24-25-19(26(13)15-6-8-16(28-5)9-7-15)29-12-17(27)23-14-10-21-18(22-11-14)20(2,3)4/h6-11H,12H2,1-5H3,(H,23,27). The molecule has 1 amide bonds. The second-order valence-corrected chi connectivity index (χ2v) is 8.39. The molecule has 1 N–H and O–H groups in total. The van der Waals surface area contributed by atoms with Crippen LogP contribution in [-0.4, -0.2) is 43.5 Å². The molecule has 0 atom stereocenters. The van der Waals surface area contributed by atoms with E-state index < -0.39 is 0 Å². The Morgan fingerprint density at radius 3 is 2.38 bits per heavy atom. The summed E-state index contributed by atoms with van der Waals surface area (Å²) in [5.74, 6) is 2.27. The second-order valence-electron chi connectivity index (χ2n) is 7.45. The van der Waals surface area contributed by atoms with Crippen LogP contribution in [0.4, 0.5) is 5.69 Å². The third-order valence-corrected chi connectivity index (χ3v) is 4.99. The Hall–Kier alpha value is -2.94. The monoisotopic (exact) mass is 412 g/mol. The molecule has 0 spiro atoms. The maximum atomic E-state index is 12.3. The highest BCUT2D eigenvalue weighted by atomic mass is 32.2. The number of hydrogen-bond donors (Lipinski definition) is 1.